The number of nitrogens with zero attached hydrogens (tertiary/aromatic N) is 2. The zero-order chi connectivity index (χ0) is 13.4. The monoisotopic (exact) mass is 254 g/mol. The van der Waals surface area contributed by atoms with Crippen molar-refractivity contribution in [3.8, 4) is 17.1 Å². The number of fused-ring (bicyclic) bond motifs is 1. The molecular weight excluding hydrogens is 244 g/mol. The fourth-order valence-electron chi connectivity index (χ4n) is 2.04. The van der Waals surface area contributed by atoms with Crippen LogP contribution in [0.2, 0.25) is 0 Å². The van der Waals surface area contributed by atoms with Crippen molar-refractivity contribution in [2.75, 3.05) is 0 Å². The van der Waals surface area contributed by atoms with Crippen LogP contribution >= 0.6 is 0 Å². The van der Waals surface area contributed by atoms with Crippen molar-refractivity contribution in [1.82, 2.24) is 9.38 Å². The van der Waals surface area contributed by atoms with Crippen molar-refractivity contribution in [3.63, 3.8) is 0 Å². The number of carboxylic acid groups (broad SMARTS) is 1. The van der Waals surface area contributed by atoms with Crippen LogP contribution in [0.4, 0.5) is 0 Å². The molecule has 0 atom stereocenters. The molecule has 0 saturated heterocycles. The van der Waals surface area contributed by atoms with E-state index in [0.29, 0.717) is 16.9 Å². The summed E-state index contributed by atoms with van der Waals surface area (Å²) in [5, 5.41) is 18.7. The van der Waals surface area contributed by atoms with E-state index < -0.39 is 5.97 Å². The third-order valence-electron chi connectivity index (χ3n) is 2.86. The Morgan fingerprint density at radius 3 is 2.74 bits per heavy atom. The average molecular weight is 254 g/mol. The van der Waals surface area contributed by atoms with Crippen LogP contribution in [0.5, 0.6) is 5.75 Å². The predicted octanol–water partition coefficient (Wildman–Crippen LogP) is 2.41. The minimum atomic E-state index is -1.07. The lowest BCUT2D eigenvalue weighted by Crippen LogP contribution is -1.96. The van der Waals surface area contributed by atoms with Crippen molar-refractivity contribution >= 4 is 11.5 Å². The smallest absolute Gasteiger partial charge is 0.356 e. The van der Waals surface area contributed by atoms with Crippen molar-refractivity contribution in [3.05, 3.63) is 54.4 Å². The molecule has 0 aliphatic rings. The zero-order valence-electron chi connectivity index (χ0n) is 9.82. The van der Waals surface area contributed by atoms with Crippen molar-refractivity contribution in [1.29, 1.82) is 0 Å². The molecule has 0 bridgehead atoms. The molecule has 2 aromatic heterocycles. The van der Waals surface area contributed by atoms with E-state index in [1.165, 1.54) is 0 Å². The summed E-state index contributed by atoms with van der Waals surface area (Å²) in [6.45, 7) is 0. The molecule has 0 fully saturated rings. The minimum Gasteiger partial charge on any atom is -0.508 e. The Hall–Kier alpha value is -2.82. The summed E-state index contributed by atoms with van der Waals surface area (Å²) in [6, 6.07) is 11.8. The highest BCUT2D eigenvalue weighted by Crippen LogP contribution is 2.25. The topological polar surface area (TPSA) is 74.8 Å². The van der Waals surface area contributed by atoms with E-state index in [4.69, 9.17) is 0 Å². The quantitative estimate of drug-likeness (QED) is 0.736. The number of carbonyl (C=O) groups is 1. The number of benzene rings is 1. The van der Waals surface area contributed by atoms with Crippen LogP contribution < -0.4 is 0 Å². The molecule has 3 aromatic rings. The summed E-state index contributed by atoms with van der Waals surface area (Å²) < 4.78 is 1.69. The first-order chi connectivity index (χ1) is 9.16. The Balaban J connectivity index is 2.33. The number of phenols is 1. The van der Waals surface area contributed by atoms with Gasteiger partial charge in [-0.05, 0) is 24.3 Å². The summed E-state index contributed by atoms with van der Waals surface area (Å²) >= 11 is 0. The lowest BCUT2D eigenvalue weighted by atomic mass is 10.2. The Kier molecular flexibility index (Phi) is 2.45. The summed E-state index contributed by atoms with van der Waals surface area (Å²) in [4.78, 5) is 15.4. The van der Waals surface area contributed by atoms with Gasteiger partial charge in [0, 0.05) is 11.8 Å². The summed E-state index contributed by atoms with van der Waals surface area (Å²) in [5.41, 5.74) is 1.18. The molecule has 5 nitrogen and oxygen atoms in total. The highest BCUT2D eigenvalue weighted by molar-refractivity contribution is 5.94. The maximum atomic E-state index is 11.2. The third kappa shape index (κ3) is 1.81. The van der Waals surface area contributed by atoms with E-state index in [9.17, 15) is 15.0 Å². The van der Waals surface area contributed by atoms with E-state index in [2.05, 4.69) is 4.98 Å². The number of phenolic OH excluding ortho intramolecular Hbond substituents is 1. The van der Waals surface area contributed by atoms with Gasteiger partial charge in [-0.3, -0.25) is 4.40 Å². The maximum Gasteiger partial charge on any atom is 0.356 e. The number of imidazole rings is 1. The van der Waals surface area contributed by atoms with Crippen LogP contribution in [0.3, 0.4) is 0 Å². The Bertz CT molecular complexity index is 777. The van der Waals surface area contributed by atoms with E-state index in [1.807, 2.05) is 0 Å². The molecule has 0 aliphatic heterocycles. The molecule has 0 unspecified atom stereocenters. The van der Waals surface area contributed by atoms with Crippen LogP contribution in [-0.2, 0) is 0 Å². The zero-order valence-corrected chi connectivity index (χ0v) is 9.82. The maximum absolute atomic E-state index is 11.2. The Morgan fingerprint density at radius 2 is 2.00 bits per heavy atom. The van der Waals surface area contributed by atoms with Gasteiger partial charge in [0.2, 0.25) is 0 Å². The number of aromatic nitrogens is 2. The molecule has 19 heavy (non-hydrogen) atoms. The number of aromatic carboxylic acids is 1. The van der Waals surface area contributed by atoms with Gasteiger partial charge in [0.25, 0.3) is 0 Å². The van der Waals surface area contributed by atoms with Gasteiger partial charge in [0.1, 0.15) is 11.6 Å². The first-order valence-electron chi connectivity index (χ1n) is 5.66. The van der Waals surface area contributed by atoms with Gasteiger partial charge in [-0.1, -0.05) is 18.2 Å². The molecular formula is C14H10N2O3. The molecule has 0 spiro atoms. The largest absolute Gasteiger partial charge is 0.508 e. The molecule has 3 rings (SSSR count). The van der Waals surface area contributed by atoms with Crippen molar-refractivity contribution < 1.29 is 15.0 Å². The predicted molar refractivity (Wildman–Crippen MR) is 69.3 cm³/mol. The number of rotatable bonds is 2. The van der Waals surface area contributed by atoms with Gasteiger partial charge < -0.3 is 10.2 Å². The van der Waals surface area contributed by atoms with Crippen molar-refractivity contribution in [2.45, 2.75) is 0 Å². The molecule has 0 aliphatic carbocycles. The lowest BCUT2D eigenvalue weighted by molar-refractivity contribution is 0.0693. The number of hydrogen-bond donors (Lipinski definition) is 2. The van der Waals surface area contributed by atoms with Crippen LogP contribution in [0.1, 0.15) is 10.5 Å². The van der Waals surface area contributed by atoms with Crippen LogP contribution in [0, 0.1) is 0 Å². The van der Waals surface area contributed by atoms with E-state index >= 15 is 0 Å². The first-order valence-corrected chi connectivity index (χ1v) is 5.66. The Morgan fingerprint density at radius 1 is 1.16 bits per heavy atom. The van der Waals surface area contributed by atoms with Crippen LogP contribution in [-0.4, -0.2) is 25.6 Å². The summed E-state index contributed by atoms with van der Waals surface area (Å²) in [6.07, 6.45) is 1.74. The van der Waals surface area contributed by atoms with Crippen LogP contribution in [0.25, 0.3) is 16.9 Å². The highest BCUT2D eigenvalue weighted by atomic mass is 16.4. The van der Waals surface area contributed by atoms with Gasteiger partial charge in [0.05, 0.1) is 5.52 Å². The third-order valence-corrected chi connectivity index (χ3v) is 2.86. The SMILES string of the molecule is O=C(O)c1nc(-c2cccc(O)c2)n2ccccc12. The van der Waals surface area contributed by atoms with E-state index in [0.717, 1.165) is 0 Å². The van der Waals surface area contributed by atoms with E-state index in [1.54, 1.807) is 53.1 Å². The van der Waals surface area contributed by atoms with Crippen LogP contribution in [0.15, 0.2) is 48.7 Å². The molecule has 94 valence electrons. The fourth-order valence-corrected chi connectivity index (χ4v) is 2.04. The molecule has 1 aromatic carbocycles. The molecule has 0 amide bonds. The molecule has 0 saturated carbocycles. The van der Waals surface area contributed by atoms with Gasteiger partial charge >= 0.3 is 5.97 Å². The lowest BCUT2D eigenvalue weighted by Gasteiger charge is -2.01. The molecule has 0 radical (unpaired) electrons. The molecule has 2 N–H and O–H groups in total. The van der Waals surface area contributed by atoms with E-state index in [-0.39, 0.29) is 11.4 Å². The fraction of sp³-hybridized carbons (Fsp3) is 0. The second kappa shape index (κ2) is 4.13. The molecule has 2 heterocycles. The summed E-state index contributed by atoms with van der Waals surface area (Å²) in [5.74, 6) is -0.471. The highest BCUT2D eigenvalue weighted by Gasteiger charge is 2.17. The standard InChI is InChI=1S/C14H10N2O3/c17-10-5-3-4-9(8-10)13-15-12(14(18)19)11-6-1-2-7-16(11)13/h1-8,17H,(H,18,19). The normalized spacial score (nSPS) is 10.7. The van der Waals surface area contributed by atoms with Gasteiger partial charge in [-0.2, -0.15) is 0 Å². The second-order valence-electron chi connectivity index (χ2n) is 4.10. The number of aromatic hydroxyl groups is 1. The summed E-state index contributed by atoms with van der Waals surface area (Å²) in [7, 11) is 0. The first kappa shape index (κ1) is 11.3. The number of hydrogen-bond acceptors (Lipinski definition) is 3. The Labute approximate surface area is 108 Å². The van der Waals surface area contributed by atoms with Gasteiger partial charge in [-0.25, -0.2) is 9.78 Å². The number of carboxylic acids is 1. The van der Waals surface area contributed by atoms with Gasteiger partial charge in [-0.15, -0.1) is 0 Å². The van der Waals surface area contributed by atoms with Crippen molar-refractivity contribution in [2.24, 2.45) is 0 Å². The second-order valence-corrected chi connectivity index (χ2v) is 4.10. The number of pyridine rings is 1. The molecule has 5 heteroatoms. The van der Waals surface area contributed by atoms with Gasteiger partial charge in [0.15, 0.2) is 5.69 Å². The average Bonchev–Trinajstić information content (AvgIpc) is 2.78. The minimum absolute atomic E-state index is 0.000979.